The fourth-order valence-corrected chi connectivity index (χ4v) is 4.61. The first kappa shape index (κ1) is 26.9. The van der Waals surface area contributed by atoms with Gasteiger partial charge in [0.05, 0.1) is 49.9 Å². The van der Waals surface area contributed by atoms with E-state index < -0.39 is 17.2 Å². The van der Waals surface area contributed by atoms with Gasteiger partial charge in [-0.05, 0) is 18.6 Å². The number of carbonyl (C=O) groups excluding carboxylic acids is 1. The monoisotopic (exact) mass is 547 g/mol. The van der Waals surface area contributed by atoms with Crippen LogP contribution in [0, 0.1) is 11.6 Å². The second-order valence-electron chi connectivity index (χ2n) is 9.07. The number of nitrogens with zero attached hydrogens (tertiary/aromatic N) is 3. The SMILES string of the molecule is C=CC(=O)N[C@H]1CCOC[C@H]1Nc1ncc2cc(-c3c(F)c(OC)cc(OC)c3F)nc(-c3ccccc3)c2n1. The average Bonchev–Trinajstić information content (AvgIpc) is 2.98. The zero-order valence-electron chi connectivity index (χ0n) is 21.9. The molecule has 0 radical (unpaired) electrons. The normalized spacial score (nSPS) is 16.8. The molecule has 0 aliphatic carbocycles. The summed E-state index contributed by atoms with van der Waals surface area (Å²) in [5.74, 6) is -2.17. The van der Waals surface area contributed by atoms with Gasteiger partial charge in [-0.1, -0.05) is 36.9 Å². The summed E-state index contributed by atoms with van der Waals surface area (Å²) < 4.78 is 46.6. The minimum absolute atomic E-state index is 0.0238. The summed E-state index contributed by atoms with van der Waals surface area (Å²) in [7, 11) is 2.58. The maximum atomic E-state index is 15.4. The molecule has 206 valence electrons. The van der Waals surface area contributed by atoms with Crippen LogP contribution in [0.25, 0.3) is 33.4 Å². The number of aromatic nitrogens is 3. The highest BCUT2D eigenvalue weighted by molar-refractivity contribution is 5.94. The van der Waals surface area contributed by atoms with Crippen LogP contribution >= 0.6 is 0 Å². The van der Waals surface area contributed by atoms with Gasteiger partial charge in [0, 0.05) is 29.8 Å². The number of pyridine rings is 1. The van der Waals surface area contributed by atoms with Gasteiger partial charge in [-0.25, -0.2) is 23.7 Å². The van der Waals surface area contributed by atoms with Gasteiger partial charge in [-0.2, -0.15) is 0 Å². The minimum atomic E-state index is -0.907. The van der Waals surface area contributed by atoms with E-state index in [1.807, 2.05) is 30.3 Å². The van der Waals surface area contributed by atoms with Crippen LogP contribution in [0.4, 0.5) is 14.7 Å². The average molecular weight is 548 g/mol. The van der Waals surface area contributed by atoms with E-state index in [0.29, 0.717) is 41.8 Å². The van der Waals surface area contributed by atoms with Crippen LogP contribution in [0.5, 0.6) is 11.5 Å². The van der Waals surface area contributed by atoms with Gasteiger partial charge >= 0.3 is 0 Å². The molecule has 40 heavy (non-hydrogen) atoms. The molecule has 2 N–H and O–H groups in total. The molecule has 5 rings (SSSR count). The third-order valence-corrected chi connectivity index (χ3v) is 6.63. The van der Waals surface area contributed by atoms with Gasteiger partial charge < -0.3 is 24.8 Å². The van der Waals surface area contributed by atoms with Crippen molar-refractivity contribution in [1.29, 1.82) is 0 Å². The molecule has 1 saturated heterocycles. The minimum Gasteiger partial charge on any atom is -0.494 e. The topological polar surface area (TPSA) is 107 Å². The number of ether oxygens (including phenoxy) is 3. The third-order valence-electron chi connectivity index (χ3n) is 6.63. The standard InChI is InChI=1S/C29H27F2N5O4/c1-4-23(37)33-18-10-11-40-15-20(18)35-29-32-14-17-12-19(24-25(30)21(38-2)13-22(39-3)26(24)31)34-27(28(17)36-29)16-8-6-5-7-9-16/h4-9,12-14,18,20H,1,10-11,15H2,2-3H3,(H,33,37)(H,32,35,36)/t18-,20+/m0/s1. The van der Waals surface area contributed by atoms with Crippen LogP contribution < -0.4 is 20.1 Å². The molecule has 0 unspecified atom stereocenters. The lowest BCUT2D eigenvalue weighted by Crippen LogP contribution is -2.52. The van der Waals surface area contributed by atoms with Crippen LogP contribution in [0.15, 0.2) is 61.3 Å². The zero-order valence-corrected chi connectivity index (χ0v) is 21.9. The molecule has 3 heterocycles. The summed E-state index contributed by atoms with van der Waals surface area (Å²) in [5.41, 5.74) is 1.18. The molecule has 0 saturated carbocycles. The molecule has 2 atom stereocenters. The van der Waals surface area contributed by atoms with Gasteiger partial charge in [-0.3, -0.25) is 4.79 Å². The van der Waals surface area contributed by atoms with Crippen molar-refractivity contribution in [1.82, 2.24) is 20.3 Å². The number of hydrogen-bond donors (Lipinski definition) is 2. The molecule has 1 fully saturated rings. The second-order valence-corrected chi connectivity index (χ2v) is 9.07. The highest BCUT2D eigenvalue weighted by atomic mass is 19.1. The smallest absolute Gasteiger partial charge is 0.243 e. The molecule has 2 aromatic heterocycles. The van der Waals surface area contributed by atoms with Crippen molar-refractivity contribution in [3.63, 3.8) is 0 Å². The fourth-order valence-electron chi connectivity index (χ4n) is 4.61. The van der Waals surface area contributed by atoms with E-state index in [4.69, 9.17) is 19.2 Å². The number of carbonyl (C=O) groups is 1. The summed E-state index contributed by atoms with van der Waals surface area (Å²) in [4.78, 5) is 25.7. The highest BCUT2D eigenvalue weighted by Crippen LogP contribution is 2.39. The summed E-state index contributed by atoms with van der Waals surface area (Å²) >= 11 is 0. The van der Waals surface area contributed by atoms with Crippen LogP contribution in [0.2, 0.25) is 0 Å². The molecule has 0 bridgehead atoms. The Morgan fingerprint density at radius 2 is 1.80 bits per heavy atom. The van der Waals surface area contributed by atoms with Gasteiger partial charge in [0.15, 0.2) is 23.1 Å². The quantitative estimate of drug-likeness (QED) is 0.310. The van der Waals surface area contributed by atoms with Crippen molar-refractivity contribution < 1.29 is 27.8 Å². The molecule has 9 nitrogen and oxygen atoms in total. The Bertz CT molecular complexity index is 1540. The molecule has 11 heteroatoms. The summed E-state index contributed by atoms with van der Waals surface area (Å²) in [5, 5.41) is 6.66. The molecule has 2 aromatic carbocycles. The predicted octanol–water partition coefficient (Wildman–Crippen LogP) is 4.53. The molecule has 1 aliphatic rings. The van der Waals surface area contributed by atoms with Gasteiger partial charge in [0.25, 0.3) is 0 Å². The van der Waals surface area contributed by atoms with Crippen molar-refractivity contribution in [2.45, 2.75) is 18.5 Å². The van der Waals surface area contributed by atoms with E-state index >= 15 is 8.78 Å². The summed E-state index contributed by atoms with van der Waals surface area (Å²) in [6.45, 7) is 4.35. The maximum absolute atomic E-state index is 15.4. The molecule has 1 amide bonds. The number of halogens is 2. The Kier molecular flexibility index (Phi) is 7.83. The predicted molar refractivity (Wildman–Crippen MR) is 146 cm³/mol. The first-order valence-electron chi connectivity index (χ1n) is 12.5. The maximum Gasteiger partial charge on any atom is 0.243 e. The van der Waals surface area contributed by atoms with Crippen LogP contribution in [0.3, 0.4) is 0 Å². The van der Waals surface area contributed by atoms with E-state index in [-0.39, 0.29) is 41.1 Å². The second kappa shape index (κ2) is 11.6. The molecular formula is C29H27F2N5O4. The Morgan fingerprint density at radius 3 is 2.48 bits per heavy atom. The third kappa shape index (κ3) is 5.28. The van der Waals surface area contributed by atoms with Crippen LogP contribution in [-0.4, -0.2) is 60.4 Å². The largest absolute Gasteiger partial charge is 0.494 e. The number of amides is 1. The van der Waals surface area contributed by atoms with Gasteiger partial charge in [0.2, 0.25) is 11.9 Å². The van der Waals surface area contributed by atoms with Crippen molar-refractivity contribution in [2.24, 2.45) is 0 Å². The zero-order chi connectivity index (χ0) is 28.2. The van der Waals surface area contributed by atoms with E-state index in [1.54, 1.807) is 6.20 Å². The number of fused-ring (bicyclic) bond motifs is 1. The lowest BCUT2D eigenvalue weighted by molar-refractivity contribution is -0.117. The van der Waals surface area contributed by atoms with E-state index in [2.05, 4.69) is 27.2 Å². The Labute approximate surface area is 229 Å². The van der Waals surface area contributed by atoms with Crippen molar-refractivity contribution in [2.75, 3.05) is 32.8 Å². The number of rotatable bonds is 8. The van der Waals surface area contributed by atoms with E-state index in [0.717, 1.165) is 6.07 Å². The molecule has 1 aliphatic heterocycles. The number of hydrogen-bond acceptors (Lipinski definition) is 8. The number of anilines is 1. The first-order valence-corrected chi connectivity index (χ1v) is 12.5. The number of nitrogens with one attached hydrogen (secondary N) is 2. The van der Waals surface area contributed by atoms with Crippen molar-refractivity contribution >= 4 is 22.8 Å². The van der Waals surface area contributed by atoms with Gasteiger partial charge in [-0.15, -0.1) is 0 Å². The first-order chi connectivity index (χ1) is 19.4. The van der Waals surface area contributed by atoms with Gasteiger partial charge in [0.1, 0.15) is 5.52 Å². The van der Waals surface area contributed by atoms with Crippen molar-refractivity contribution in [3.05, 3.63) is 73.0 Å². The molecule has 4 aromatic rings. The molecule has 0 spiro atoms. The fraction of sp³-hybridized carbons (Fsp3) is 0.241. The highest BCUT2D eigenvalue weighted by Gasteiger charge is 2.28. The van der Waals surface area contributed by atoms with Crippen LogP contribution in [0.1, 0.15) is 6.42 Å². The Balaban J connectivity index is 1.62. The Morgan fingerprint density at radius 1 is 1.07 bits per heavy atom. The Hall–Kier alpha value is -4.64. The molecular weight excluding hydrogens is 520 g/mol. The number of benzene rings is 2. The van der Waals surface area contributed by atoms with Crippen molar-refractivity contribution in [3.8, 4) is 34.0 Å². The summed E-state index contributed by atoms with van der Waals surface area (Å²) in [6.07, 6.45) is 3.38. The number of methoxy groups -OCH3 is 2. The lowest BCUT2D eigenvalue weighted by Gasteiger charge is -2.32. The lowest BCUT2D eigenvalue weighted by atomic mass is 10.0. The van der Waals surface area contributed by atoms with E-state index in [1.165, 1.54) is 26.4 Å². The van der Waals surface area contributed by atoms with E-state index in [9.17, 15) is 4.79 Å². The summed E-state index contributed by atoms with van der Waals surface area (Å²) in [6, 6.07) is 11.3. The van der Waals surface area contributed by atoms with Crippen LogP contribution in [-0.2, 0) is 9.53 Å².